The highest BCUT2D eigenvalue weighted by molar-refractivity contribution is 4.97. The van der Waals surface area contributed by atoms with Crippen LogP contribution in [-0.4, -0.2) is 45.9 Å². The van der Waals surface area contributed by atoms with E-state index in [0.717, 1.165) is 31.7 Å². The van der Waals surface area contributed by atoms with Gasteiger partial charge in [-0.3, -0.25) is 4.90 Å². The third-order valence-corrected chi connectivity index (χ3v) is 6.47. The molecule has 0 aromatic heterocycles. The Morgan fingerprint density at radius 1 is 0.905 bits per heavy atom. The summed E-state index contributed by atoms with van der Waals surface area (Å²) in [6.45, 7) is 8.07. The molecule has 0 radical (unpaired) electrons. The van der Waals surface area contributed by atoms with Gasteiger partial charge in [0.25, 0.3) is 0 Å². The SMILES string of the molecule is CC(C)(C)C1CCC(O)C(CN2C3CCC2CC(O)C3)C1. The van der Waals surface area contributed by atoms with Gasteiger partial charge in [-0.2, -0.15) is 0 Å². The van der Waals surface area contributed by atoms with Crippen molar-refractivity contribution in [3.63, 3.8) is 0 Å². The van der Waals surface area contributed by atoms with E-state index in [1.165, 1.54) is 25.7 Å². The first-order chi connectivity index (χ1) is 9.84. The number of aliphatic hydroxyl groups is 2. The van der Waals surface area contributed by atoms with Crippen LogP contribution in [0.4, 0.5) is 0 Å². The first-order valence-corrected chi connectivity index (χ1v) is 8.96. The van der Waals surface area contributed by atoms with Gasteiger partial charge >= 0.3 is 0 Å². The van der Waals surface area contributed by atoms with Gasteiger partial charge in [-0.05, 0) is 62.2 Å². The van der Waals surface area contributed by atoms with Crippen molar-refractivity contribution < 1.29 is 10.2 Å². The molecule has 3 fully saturated rings. The maximum Gasteiger partial charge on any atom is 0.0580 e. The highest BCUT2D eigenvalue weighted by Gasteiger charge is 2.43. The van der Waals surface area contributed by atoms with Crippen LogP contribution in [0.5, 0.6) is 0 Å². The molecular formula is C18H33NO2. The number of aliphatic hydroxyl groups excluding tert-OH is 2. The van der Waals surface area contributed by atoms with Crippen molar-refractivity contribution in [3.8, 4) is 0 Å². The maximum atomic E-state index is 10.5. The molecular weight excluding hydrogens is 262 g/mol. The topological polar surface area (TPSA) is 43.7 Å². The Morgan fingerprint density at radius 3 is 2.10 bits per heavy atom. The van der Waals surface area contributed by atoms with Crippen molar-refractivity contribution in [1.29, 1.82) is 0 Å². The molecule has 5 atom stereocenters. The normalized spacial score (nSPS) is 45.0. The molecule has 2 saturated heterocycles. The number of fused-ring (bicyclic) bond motifs is 2. The Morgan fingerprint density at radius 2 is 1.52 bits per heavy atom. The molecule has 2 heterocycles. The third kappa shape index (κ3) is 3.30. The molecule has 0 aromatic carbocycles. The van der Waals surface area contributed by atoms with Crippen LogP contribution in [-0.2, 0) is 0 Å². The predicted octanol–water partition coefficient (Wildman–Crippen LogP) is 2.80. The summed E-state index contributed by atoms with van der Waals surface area (Å²) in [5.41, 5.74) is 0.357. The van der Waals surface area contributed by atoms with Crippen LogP contribution in [0.15, 0.2) is 0 Å². The molecule has 2 bridgehead atoms. The van der Waals surface area contributed by atoms with Crippen molar-refractivity contribution in [1.82, 2.24) is 4.90 Å². The first kappa shape index (κ1) is 15.8. The zero-order valence-corrected chi connectivity index (χ0v) is 14.0. The summed E-state index contributed by atoms with van der Waals surface area (Å²) in [5, 5.41) is 20.4. The standard InChI is InChI=1S/C18H33NO2/c1-18(2,3)13-4-7-17(21)12(8-13)11-19-14-5-6-15(19)10-16(20)9-14/h12-17,20-21H,4-11H2,1-3H3. The maximum absolute atomic E-state index is 10.5. The average Bonchev–Trinajstić information content (AvgIpc) is 2.63. The quantitative estimate of drug-likeness (QED) is 0.823. The summed E-state index contributed by atoms with van der Waals surface area (Å²) in [6.07, 6.45) is 7.49. The molecule has 3 rings (SSSR count). The van der Waals surface area contributed by atoms with E-state index in [0.29, 0.717) is 23.4 Å². The number of rotatable bonds is 2. The van der Waals surface area contributed by atoms with Crippen molar-refractivity contribution in [3.05, 3.63) is 0 Å². The zero-order chi connectivity index (χ0) is 15.2. The van der Waals surface area contributed by atoms with Crippen LogP contribution < -0.4 is 0 Å². The van der Waals surface area contributed by atoms with Gasteiger partial charge in [0.15, 0.2) is 0 Å². The van der Waals surface area contributed by atoms with E-state index >= 15 is 0 Å². The summed E-state index contributed by atoms with van der Waals surface area (Å²) in [5.74, 6) is 1.17. The molecule has 5 unspecified atom stereocenters. The number of nitrogens with zero attached hydrogens (tertiary/aromatic N) is 1. The smallest absolute Gasteiger partial charge is 0.0580 e. The van der Waals surface area contributed by atoms with Crippen LogP contribution in [0.25, 0.3) is 0 Å². The Balaban J connectivity index is 1.63. The zero-order valence-electron chi connectivity index (χ0n) is 14.0. The van der Waals surface area contributed by atoms with Gasteiger partial charge in [0.2, 0.25) is 0 Å². The van der Waals surface area contributed by atoms with E-state index in [9.17, 15) is 10.2 Å². The molecule has 3 nitrogen and oxygen atoms in total. The van der Waals surface area contributed by atoms with E-state index in [1.807, 2.05) is 0 Å². The lowest BCUT2D eigenvalue weighted by molar-refractivity contribution is -0.0256. The van der Waals surface area contributed by atoms with E-state index in [4.69, 9.17) is 0 Å². The molecule has 2 N–H and O–H groups in total. The van der Waals surface area contributed by atoms with Crippen LogP contribution in [0.2, 0.25) is 0 Å². The lowest BCUT2D eigenvalue weighted by Crippen LogP contribution is -2.49. The van der Waals surface area contributed by atoms with Gasteiger partial charge in [-0.15, -0.1) is 0 Å². The lowest BCUT2D eigenvalue weighted by atomic mass is 9.68. The molecule has 3 heteroatoms. The molecule has 1 aliphatic carbocycles. The minimum atomic E-state index is -0.116. The predicted molar refractivity (Wildman–Crippen MR) is 85.0 cm³/mol. The van der Waals surface area contributed by atoms with Gasteiger partial charge in [-0.1, -0.05) is 20.8 Å². The highest BCUT2D eigenvalue weighted by atomic mass is 16.3. The van der Waals surface area contributed by atoms with Crippen LogP contribution in [0.1, 0.15) is 65.7 Å². The fourth-order valence-corrected chi connectivity index (χ4v) is 5.05. The second-order valence-electron chi connectivity index (χ2n) is 8.91. The van der Waals surface area contributed by atoms with Gasteiger partial charge in [0.05, 0.1) is 12.2 Å². The summed E-state index contributed by atoms with van der Waals surface area (Å²) >= 11 is 0. The molecule has 3 aliphatic rings. The summed E-state index contributed by atoms with van der Waals surface area (Å²) in [7, 11) is 0. The Kier molecular flexibility index (Phi) is 4.37. The Bertz CT molecular complexity index is 351. The summed E-state index contributed by atoms with van der Waals surface area (Å²) < 4.78 is 0. The minimum absolute atomic E-state index is 0.0858. The monoisotopic (exact) mass is 295 g/mol. The van der Waals surface area contributed by atoms with Crippen molar-refractivity contribution in [2.24, 2.45) is 17.3 Å². The van der Waals surface area contributed by atoms with Crippen molar-refractivity contribution in [2.75, 3.05) is 6.54 Å². The van der Waals surface area contributed by atoms with Gasteiger partial charge in [0.1, 0.15) is 0 Å². The Hall–Kier alpha value is -0.120. The molecule has 122 valence electrons. The van der Waals surface area contributed by atoms with Crippen LogP contribution >= 0.6 is 0 Å². The number of hydrogen-bond acceptors (Lipinski definition) is 3. The van der Waals surface area contributed by atoms with Gasteiger partial charge in [-0.25, -0.2) is 0 Å². The molecule has 0 aromatic rings. The molecule has 0 spiro atoms. The van der Waals surface area contributed by atoms with Gasteiger partial charge in [0, 0.05) is 18.6 Å². The average molecular weight is 295 g/mol. The van der Waals surface area contributed by atoms with Crippen LogP contribution in [0.3, 0.4) is 0 Å². The van der Waals surface area contributed by atoms with Crippen LogP contribution in [0, 0.1) is 17.3 Å². The summed E-state index contributed by atoms with van der Waals surface area (Å²) in [6, 6.07) is 1.14. The number of hydrogen-bond donors (Lipinski definition) is 2. The Labute approximate surface area is 129 Å². The van der Waals surface area contributed by atoms with Crippen molar-refractivity contribution >= 4 is 0 Å². The second kappa shape index (κ2) is 5.82. The second-order valence-corrected chi connectivity index (χ2v) is 8.91. The van der Waals surface area contributed by atoms with Gasteiger partial charge < -0.3 is 10.2 Å². The van der Waals surface area contributed by atoms with Crippen molar-refractivity contribution in [2.45, 2.75) is 90.0 Å². The van der Waals surface area contributed by atoms with E-state index in [-0.39, 0.29) is 12.2 Å². The fraction of sp³-hybridized carbons (Fsp3) is 1.00. The fourth-order valence-electron chi connectivity index (χ4n) is 5.05. The summed E-state index contributed by atoms with van der Waals surface area (Å²) in [4.78, 5) is 2.63. The largest absolute Gasteiger partial charge is 0.393 e. The van der Waals surface area contributed by atoms with E-state index in [1.54, 1.807) is 0 Å². The highest BCUT2D eigenvalue weighted by Crippen LogP contribution is 2.43. The minimum Gasteiger partial charge on any atom is -0.393 e. The third-order valence-electron chi connectivity index (χ3n) is 6.47. The lowest BCUT2D eigenvalue weighted by Gasteiger charge is -2.44. The van der Waals surface area contributed by atoms with E-state index < -0.39 is 0 Å². The molecule has 2 aliphatic heterocycles. The molecule has 21 heavy (non-hydrogen) atoms. The number of piperidine rings is 1. The molecule has 1 saturated carbocycles. The molecule has 0 amide bonds. The first-order valence-electron chi connectivity index (χ1n) is 8.96. The van der Waals surface area contributed by atoms with E-state index in [2.05, 4.69) is 25.7 Å².